The zero-order valence-electron chi connectivity index (χ0n) is 24.2. The Morgan fingerprint density at radius 3 is 1.43 bits per heavy atom. The molecule has 4 amide bonds. The third-order valence-corrected chi connectivity index (χ3v) is 6.60. The van der Waals surface area contributed by atoms with Crippen LogP contribution in [0.4, 0.5) is 21.0 Å². The third kappa shape index (κ3) is 7.22. The Bertz CT molecular complexity index is 1560. The highest BCUT2D eigenvalue weighted by Gasteiger charge is 2.11. The van der Waals surface area contributed by atoms with E-state index in [-0.39, 0.29) is 12.1 Å². The monoisotopic (exact) mass is 568 g/mol. The highest BCUT2D eigenvalue weighted by molar-refractivity contribution is 5.93. The largest absolute Gasteiger partial charge is 0.338 e. The quantitative estimate of drug-likeness (QED) is 0.149. The van der Waals surface area contributed by atoms with Crippen molar-refractivity contribution in [2.75, 3.05) is 65.0 Å². The Hall–Kier alpha value is -4.94. The zero-order chi connectivity index (χ0) is 29.6. The second-order valence-electron chi connectivity index (χ2n) is 10.6. The van der Waals surface area contributed by atoms with Crippen LogP contribution in [-0.2, 0) is 0 Å². The SMILES string of the molecule is CN(C)CCNC(=O)Nc1ccc2nc(-c3ccc(-c4nc5ccc(NC(=O)NCCN(C)C)cc5[nH]4)cc3)[nH]c2c1. The fourth-order valence-corrected chi connectivity index (χ4v) is 4.37. The van der Waals surface area contributed by atoms with Crippen LogP contribution in [0.1, 0.15) is 0 Å². The van der Waals surface area contributed by atoms with E-state index >= 15 is 0 Å². The summed E-state index contributed by atoms with van der Waals surface area (Å²) in [7, 11) is 7.84. The Labute approximate surface area is 243 Å². The number of fused-ring (bicyclic) bond motifs is 2. The smallest absolute Gasteiger partial charge is 0.319 e. The van der Waals surface area contributed by atoms with E-state index in [4.69, 9.17) is 9.97 Å². The molecule has 0 unspecified atom stereocenters. The first kappa shape index (κ1) is 28.6. The minimum atomic E-state index is -0.245. The molecule has 0 saturated heterocycles. The fourth-order valence-electron chi connectivity index (χ4n) is 4.37. The van der Waals surface area contributed by atoms with Crippen molar-refractivity contribution in [2.24, 2.45) is 0 Å². The number of nitrogens with zero attached hydrogens (tertiary/aromatic N) is 4. The molecule has 0 fully saturated rings. The number of urea groups is 2. The number of amides is 4. The summed E-state index contributed by atoms with van der Waals surface area (Å²) in [4.78, 5) is 44.5. The van der Waals surface area contributed by atoms with Gasteiger partial charge in [-0.2, -0.15) is 0 Å². The van der Waals surface area contributed by atoms with E-state index in [0.717, 1.165) is 57.9 Å². The lowest BCUT2D eigenvalue weighted by Crippen LogP contribution is -2.34. The first-order valence-electron chi connectivity index (χ1n) is 13.7. The predicted molar refractivity (Wildman–Crippen MR) is 168 cm³/mol. The summed E-state index contributed by atoms with van der Waals surface area (Å²) in [6.45, 7) is 2.66. The summed E-state index contributed by atoms with van der Waals surface area (Å²) in [6.07, 6.45) is 0. The molecule has 0 bridgehead atoms. The summed E-state index contributed by atoms with van der Waals surface area (Å²) < 4.78 is 0. The van der Waals surface area contributed by atoms with E-state index in [1.807, 2.05) is 98.7 Å². The zero-order valence-corrected chi connectivity index (χ0v) is 24.2. The van der Waals surface area contributed by atoms with Gasteiger partial charge in [0.2, 0.25) is 0 Å². The molecule has 0 aliphatic rings. The summed E-state index contributed by atoms with van der Waals surface area (Å²) in [5.74, 6) is 1.46. The molecule has 0 aliphatic heterocycles. The molecule has 6 N–H and O–H groups in total. The molecule has 218 valence electrons. The lowest BCUT2D eigenvalue weighted by molar-refractivity contribution is 0.250. The highest BCUT2D eigenvalue weighted by atomic mass is 16.2. The lowest BCUT2D eigenvalue weighted by Gasteiger charge is -2.11. The average Bonchev–Trinajstić information content (AvgIpc) is 3.56. The second kappa shape index (κ2) is 12.7. The second-order valence-corrected chi connectivity index (χ2v) is 10.6. The van der Waals surface area contributed by atoms with Gasteiger partial charge in [-0.25, -0.2) is 19.6 Å². The molecule has 12 heteroatoms. The third-order valence-electron chi connectivity index (χ3n) is 6.60. The van der Waals surface area contributed by atoms with Gasteiger partial charge in [0.1, 0.15) is 11.6 Å². The van der Waals surface area contributed by atoms with Crippen LogP contribution in [0.25, 0.3) is 44.8 Å². The molecule has 5 rings (SSSR count). The van der Waals surface area contributed by atoms with Crippen molar-refractivity contribution < 1.29 is 9.59 Å². The van der Waals surface area contributed by atoms with Crippen molar-refractivity contribution in [1.29, 1.82) is 0 Å². The van der Waals surface area contributed by atoms with Gasteiger partial charge >= 0.3 is 12.1 Å². The Morgan fingerprint density at radius 1 is 0.643 bits per heavy atom. The van der Waals surface area contributed by atoms with Crippen molar-refractivity contribution in [3.05, 3.63) is 60.7 Å². The molecular formula is C30H36N10O2. The van der Waals surface area contributed by atoms with Gasteiger partial charge in [-0.3, -0.25) is 0 Å². The van der Waals surface area contributed by atoms with E-state index in [9.17, 15) is 9.59 Å². The van der Waals surface area contributed by atoms with Gasteiger partial charge in [0.15, 0.2) is 0 Å². The number of anilines is 2. The average molecular weight is 569 g/mol. The maximum Gasteiger partial charge on any atom is 0.319 e. The number of rotatable bonds is 10. The fraction of sp³-hybridized carbons (Fsp3) is 0.267. The number of H-pyrrole nitrogens is 2. The molecule has 12 nitrogen and oxygen atoms in total. The Morgan fingerprint density at radius 2 is 1.05 bits per heavy atom. The molecule has 5 aromatic rings. The first-order chi connectivity index (χ1) is 20.2. The van der Waals surface area contributed by atoms with Gasteiger partial charge in [0, 0.05) is 48.7 Å². The van der Waals surface area contributed by atoms with Gasteiger partial charge in [-0.15, -0.1) is 0 Å². The molecule has 0 saturated carbocycles. The number of hydrogen-bond acceptors (Lipinski definition) is 6. The number of benzene rings is 3. The highest BCUT2D eigenvalue weighted by Crippen LogP contribution is 2.27. The Balaban J connectivity index is 1.24. The number of likely N-dealkylation sites (N-methyl/N-ethyl adjacent to an activating group) is 2. The maximum absolute atomic E-state index is 12.2. The minimum Gasteiger partial charge on any atom is -0.338 e. The van der Waals surface area contributed by atoms with Gasteiger partial charge in [0.25, 0.3) is 0 Å². The molecule has 0 radical (unpaired) electrons. The molecule has 0 aliphatic carbocycles. The van der Waals surface area contributed by atoms with E-state index < -0.39 is 0 Å². The number of aromatic amines is 2. The van der Waals surface area contributed by atoms with Crippen molar-refractivity contribution in [3.8, 4) is 22.8 Å². The first-order valence-corrected chi connectivity index (χ1v) is 13.7. The predicted octanol–water partition coefficient (Wildman–Crippen LogP) is 4.14. The van der Waals surface area contributed by atoms with Gasteiger partial charge in [0.05, 0.1) is 22.1 Å². The van der Waals surface area contributed by atoms with Gasteiger partial charge in [-0.1, -0.05) is 24.3 Å². The Kier molecular flexibility index (Phi) is 8.65. The van der Waals surface area contributed by atoms with Crippen LogP contribution >= 0.6 is 0 Å². The molecule has 0 spiro atoms. The van der Waals surface area contributed by atoms with Crippen LogP contribution in [0.15, 0.2) is 60.7 Å². The van der Waals surface area contributed by atoms with Gasteiger partial charge < -0.3 is 41.0 Å². The summed E-state index contributed by atoms with van der Waals surface area (Å²) in [5.41, 5.74) is 6.48. The standard InChI is InChI=1S/C30H36N10O2/c1-39(2)15-13-31-29(41)33-21-9-11-23-25(17-21)37-27(35-23)19-5-7-20(8-6-19)28-36-24-12-10-22(18-26(24)38-28)34-30(42)32-14-16-40(3)4/h5-12,17-18H,13-16H2,1-4H3,(H,35,37)(H,36,38)(H2,31,33,41)(H2,32,34,42). The molecule has 42 heavy (non-hydrogen) atoms. The van der Waals surface area contributed by atoms with Crippen LogP contribution in [0.3, 0.4) is 0 Å². The van der Waals surface area contributed by atoms with Crippen molar-refractivity contribution in [2.45, 2.75) is 0 Å². The van der Waals surface area contributed by atoms with E-state index in [2.05, 4.69) is 31.2 Å². The molecule has 3 aromatic carbocycles. The molecule has 0 atom stereocenters. The number of aromatic nitrogens is 4. The summed E-state index contributed by atoms with van der Waals surface area (Å²) in [5, 5.41) is 11.4. The van der Waals surface area contributed by atoms with Crippen LogP contribution in [0.5, 0.6) is 0 Å². The number of hydrogen-bond donors (Lipinski definition) is 6. The number of nitrogens with one attached hydrogen (secondary N) is 6. The van der Waals surface area contributed by atoms with Gasteiger partial charge in [-0.05, 0) is 64.6 Å². The van der Waals surface area contributed by atoms with Crippen LogP contribution < -0.4 is 21.3 Å². The summed E-state index contributed by atoms with van der Waals surface area (Å²) in [6, 6.07) is 18.6. The molecule has 2 aromatic heterocycles. The number of carbonyl (C=O) groups excluding carboxylic acids is 2. The topological polar surface area (TPSA) is 146 Å². The maximum atomic E-state index is 12.2. The number of imidazole rings is 2. The van der Waals surface area contributed by atoms with Crippen LogP contribution in [0, 0.1) is 0 Å². The summed E-state index contributed by atoms with van der Waals surface area (Å²) >= 11 is 0. The minimum absolute atomic E-state index is 0.245. The molecular weight excluding hydrogens is 532 g/mol. The molecule has 2 heterocycles. The van der Waals surface area contributed by atoms with E-state index in [1.165, 1.54) is 0 Å². The van der Waals surface area contributed by atoms with E-state index in [0.29, 0.717) is 24.5 Å². The van der Waals surface area contributed by atoms with Crippen LogP contribution in [0.2, 0.25) is 0 Å². The lowest BCUT2D eigenvalue weighted by atomic mass is 10.1. The van der Waals surface area contributed by atoms with Crippen molar-refractivity contribution in [1.82, 2.24) is 40.4 Å². The van der Waals surface area contributed by atoms with Crippen molar-refractivity contribution >= 4 is 45.5 Å². The van der Waals surface area contributed by atoms with E-state index in [1.54, 1.807) is 0 Å². The van der Waals surface area contributed by atoms with Crippen molar-refractivity contribution in [3.63, 3.8) is 0 Å². The normalized spacial score (nSPS) is 11.4. The van der Waals surface area contributed by atoms with Crippen LogP contribution in [-0.4, -0.2) is 96.2 Å². The number of carbonyl (C=O) groups is 2.